The van der Waals surface area contributed by atoms with Crippen molar-refractivity contribution in [2.24, 2.45) is 23.7 Å². The van der Waals surface area contributed by atoms with Crippen molar-refractivity contribution >= 4 is 0 Å². The first-order valence-corrected chi connectivity index (χ1v) is 6.75. The van der Waals surface area contributed by atoms with Crippen molar-refractivity contribution in [1.82, 2.24) is 0 Å². The Balaban J connectivity index is 1.84. The highest BCUT2D eigenvalue weighted by Gasteiger charge is 2.61. The summed E-state index contributed by atoms with van der Waals surface area (Å²) in [5.41, 5.74) is 0. The van der Waals surface area contributed by atoms with Crippen molar-refractivity contribution in [3.8, 4) is 0 Å². The van der Waals surface area contributed by atoms with Gasteiger partial charge in [-0.05, 0) is 44.4 Å². The summed E-state index contributed by atoms with van der Waals surface area (Å²) in [5.74, 6) is 2.84. The van der Waals surface area contributed by atoms with Gasteiger partial charge in [-0.25, -0.2) is 0 Å². The van der Waals surface area contributed by atoms with Crippen LogP contribution in [0.3, 0.4) is 0 Å². The monoisotopic (exact) mass is 222 g/mol. The van der Waals surface area contributed by atoms with Crippen LogP contribution in [0.4, 0.5) is 0 Å². The van der Waals surface area contributed by atoms with Crippen LogP contribution in [-0.4, -0.2) is 19.0 Å². The molecule has 3 aliphatic carbocycles. The van der Waals surface area contributed by atoms with Crippen molar-refractivity contribution in [2.45, 2.75) is 38.9 Å². The fraction of sp³-hybridized carbons (Fsp3) is 0.857. The van der Waals surface area contributed by atoms with Crippen LogP contribution in [0, 0.1) is 23.7 Å². The van der Waals surface area contributed by atoms with E-state index in [4.69, 9.17) is 9.47 Å². The minimum atomic E-state index is -0.246. The van der Waals surface area contributed by atoms with Crippen LogP contribution in [0.1, 0.15) is 33.1 Å². The third-order valence-corrected chi connectivity index (χ3v) is 4.78. The molecule has 2 bridgehead atoms. The smallest absolute Gasteiger partial charge is 0.171 e. The standard InChI is InChI=1S/C14H22O2/c1-3-15-14(16-4-2)9-10-8-13(14)12-7-5-6-11(10)12/h5,7,10-13H,3-4,6,8-9H2,1-2H3/t10-,11?,12?,13-/m0/s1. The van der Waals surface area contributed by atoms with Gasteiger partial charge in [0.25, 0.3) is 0 Å². The van der Waals surface area contributed by atoms with E-state index >= 15 is 0 Å². The number of rotatable bonds is 4. The van der Waals surface area contributed by atoms with Crippen molar-refractivity contribution in [1.29, 1.82) is 0 Å². The lowest BCUT2D eigenvalue weighted by atomic mass is 9.78. The summed E-state index contributed by atoms with van der Waals surface area (Å²) in [6.07, 6.45) is 8.52. The molecule has 2 nitrogen and oxygen atoms in total. The van der Waals surface area contributed by atoms with Gasteiger partial charge in [-0.3, -0.25) is 0 Å². The minimum Gasteiger partial charge on any atom is -0.350 e. The van der Waals surface area contributed by atoms with Gasteiger partial charge in [0.1, 0.15) is 0 Å². The Bertz CT molecular complexity index is 291. The van der Waals surface area contributed by atoms with Gasteiger partial charge in [-0.15, -0.1) is 0 Å². The number of fused-ring (bicyclic) bond motifs is 5. The van der Waals surface area contributed by atoms with E-state index in [2.05, 4.69) is 26.0 Å². The van der Waals surface area contributed by atoms with Gasteiger partial charge in [-0.1, -0.05) is 12.2 Å². The normalized spacial score (nSPS) is 42.9. The Kier molecular flexibility index (Phi) is 2.60. The zero-order chi connectivity index (χ0) is 11.2. The van der Waals surface area contributed by atoms with Crippen molar-refractivity contribution in [3.05, 3.63) is 12.2 Å². The maximum absolute atomic E-state index is 6.02. The fourth-order valence-electron chi connectivity index (χ4n) is 4.38. The van der Waals surface area contributed by atoms with Crippen LogP contribution in [0.5, 0.6) is 0 Å². The van der Waals surface area contributed by atoms with Gasteiger partial charge in [-0.2, -0.15) is 0 Å². The molecule has 0 N–H and O–H groups in total. The number of ether oxygens (including phenoxy) is 2. The molecule has 0 spiro atoms. The summed E-state index contributed by atoms with van der Waals surface area (Å²) in [5, 5.41) is 0. The SMILES string of the molecule is CCOC1(OCC)C[C@@H]2C[C@H]1C1C=CCC12. The average molecular weight is 222 g/mol. The highest BCUT2D eigenvalue weighted by Crippen LogP contribution is 2.61. The molecule has 0 aromatic carbocycles. The molecule has 2 fully saturated rings. The molecular weight excluding hydrogens is 200 g/mol. The molecule has 0 aliphatic heterocycles. The first-order valence-electron chi connectivity index (χ1n) is 6.75. The van der Waals surface area contributed by atoms with E-state index in [1.807, 2.05) is 0 Å². The Morgan fingerprint density at radius 2 is 2.00 bits per heavy atom. The molecule has 3 rings (SSSR count). The first kappa shape index (κ1) is 10.8. The summed E-state index contributed by atoms with van der Waals surface area (Å²) in [6, 6.07) is 0. The molecule has 0 heterocycles. The molecule has 0 aromatic heterocycles. The molecule has 4 atom stereocenters. The summed E-state index contributed by atoms with van der Waals surface area (Å²) in [6.45, 7) is 5.69. The molecule has 3 aliphatic rings. The van der Waals surface area contributed by atoms with Gasteiger partial charge < -0.3 is 9.47 Å². The Labute approximate surface area is 98.0 Å². The zero-order valence-electron chi connectivity index (χ0n) is 10.3. The molecule has 90 valence electrons. The van der Waals surface area contributed by atoms with E-state index in [1.165, 1.54) is 12.8 Å². The van der Waals surface area contributed by atoms with Gasteiger partial charge >= 0.3 is 0 Å². The van der Waals surface area contributed by atoms with Crippen LogP contribution >= 0.6 is 0 Å². The summed E-state index contributed by atoms with van der Waals surface area (Å²) in [4.78, 5) is 0. The lowest BCUT2D eigenvalue weighted by molar-refractivity contribution is -0.268. The molecule has 2 unspecified atom stereocenters. The Morgan fingerprint density at radius 1 is 1.25 bits per heavy atom. The maximum Gasteiger partial charge on any atom is 0.171 e. The van der Waals surface area contributed by atoms with Crippen LogP contribution in [0.15, 0.2) is 12.2 Å². The predicted molar refractivity (Wildman–Crippen MR) is 62.9 cm³/mol. The molecule has 2 heteroatoms. The van der Waals surface area contributed by atoms with Gasteiger partial charge in [0.05, 0.1) is 0 Å². The van der Waals surface area contributed by atoms with Gasteiger partial charge in [0.2, 0.25) is 0 Å². The lowest BCUT2D eigenvalue weighted by Gasteiger charge is -2.41. The van der Waals surface area contributed by atoms with Crippen molar-refractivity contribution in [2.75, 3.05) is 13.2 Å². The van der Waals surface area contributed by atoms with Crippen LogP contribution < -0.4 is 0 Å². The highest BCUT2D eigenvalue weighted by molar-refractivity contribution is 5.16. The average Bonchev–Trinajstić information content (AvgIpc) is 2.87. The second-order valence-electron chi connectivity index (χ2n) is 5.39. The van der Waals surface area contributed by atoms with Crippen molar-refractivity contribution < 1.29 is 9.47 Å². The highest BCUT2D eigenvalue weighted by atomic mass is 16.7. The van der Waals surface area contributed by atoms with Crippen molar-refractivity contribution in [3.63, 3.8) is 0 Å². The quantitative estimate of drug-likeness (QED) is 0.538. The largest absolute Gasteiger partial charge is 0.350 e. The number of hydrogen-bond acceptors (Lipinski definition) is 2. The van der Waals surface area contributed by atoms with Crippen LogP contribution in [0.25, 0.3) is 0 Å². The topological polar surface area (TPSA) is 18.5 Å². The minimum absolute atomic E-state index is 0.246. The van der Waals surface area contributed by atoms with E-state index in [0.717, 1.165) is 37.4 Å². The molecule has 0 aromatic rings. The van der Waals surface area contributed by atoms with E-state index < -0.39 is 0 Å². The molecule has 0 saturated heterocycles. The molecule has 2 saturated carbocycles. The molecule has 16 heavy (non-hydrogen) atoms. The molecule has 0 radical (unpaired) electrons. The fourth-order valence-corrected chi connectivity index (χ4v) is 4.38. The third-order valence-electron chi connectivity index (χ3n) is 4.78. The molecular formula is C14H22O2. The summed E-state index contributed by atoms with van der Waals surface area (Å²) < 4.78 is 12.0. The first-order chi connectivity index (χ1) is 7.80. The summed E-state index contributed by atoms with van der Waals surface area (Å²) in [7, 11) is 0. The van der Waals surface area contributed by atoms with Crippen LogP contribution in [-0.2, 0) is 9.47 Å². The van der Waals surface area contributed by atoms with Gasteiger partial charge in [0, 0.05) is 25.6 Å². The Morgan fingerprint density at radius 3 is 2.69 bits per heavy atom. The number of allylic oxidation sites excluding steroid dienone is 2. The van der Waals surface area contributed by atoms with Crippen LogP contribution in [0.2, 0.25) is 0 Å². The van der Waals surface area contributed by atoms with E-state index in [1.54, 1.807) is 0 Å². The number of hydrogen-bond donors (Lipinski definition) is 0. The van der Waals surface area contributed by atoms with Gasteiger partial charge in [0.15, 0.2) is 5.79 Å². The van der Waals surface area contributed by atoms with E-state index in [9.17, 15) is 0 Å². The van der Waals surface area contributed by atoms with E-state index in [0.29, 0.717) is 5.92 Å². The lowest BCUT2D eigenvalue weighted by Crippen LogP contribution is -2.46. The van der Waals surface area contributed by atoms with E-state index in [-0.39, 0.29) is 5.79 Å². The third kappa shape index (κ3) is 1.32. The predicted octanol–water partition coefficient (Wildman–Crippen LogP) is 2.99. The second-order valence-corrected chi connectivity index (χ2v) is 5.39. The zero-order valence-corrected chi connectivity index (χ0v) is 10.3. The molecule has 0 amide bonds. The maximum atomic E-state index is 6.02. The second kappa shape index (κ2) is 3.85. The summed E-state index contributed by atoms with van der Waals surface area (Å²) >= 11 is 0. The Hall–Kier alpha value is -0.340.